The summed E-state index contributed by atoms with van der Waals surface area (Å²) in [4.78, 5) is 10.7. The van der Waals surface area contributed by atoms with Crippen LogP contribution in [-0.2, 0) is 6.42 Å². The van der Waals surface area contributed by atoms with Gasteiger partial charge in [0.25, 0.3) is 0 Å². The first-order valence-corrected chi connectivity index (χ1v) is 3.99. The Kier molecular flexibility index (Phi) is 2.51. The van der Waals surface area contributed by atoms with Gasteiger partial charge in [-0.25, -0.2) is 4.79 Å². The molecule has 0 aliphatic heterocycles. The van der Waals surface area contributed by atoms with Gasteiger partial charge in [0.1, 0.15) is 0 Å². The van der Waals surface area contributed by atoms with E-state index in [1.165, 1.54) is 0 Å². The quantitative estimate of drug-likeness (QED) is 0.533. The zero-order chi connectivity index (χ0) is 10.9. The SMILES string of the molecule is CCc1c(C(=O)O)cc(O)c(O)c1O. The van der Waals surface area contributed by atoms with E-state index in [2.05, 4.69) is 0 Å². The van der Waals surface area contributed by atoms with Crippen LogP contribution in [0.15, 0.2) is 6.07 Å². The van der Waals surface area contributed by atoms with Crippen molar-refractivity contribution in [2.45, 2.75) is 13.3 Å². The molecule has 0 aliphatic carbocycles. The molecule has 1 aromatic rings. The zero-order valence-electron chi connectivity index (χ0n) is 7.48. The van der Waals surface area contributed by atoms with Gasteiger partial charge >= 0.3 is 5.97 Å². The van der Waals surface area contributed by atoms with Gasteiger partial charge in [-0.2, -0.15) is 0 Å². The van der Waals surface area contributed by atoms with Crippen molar-refractivity contribution in [3.8, 4) is 17.2 Å². The molecule has 0 saturated carbocycles. The lowest BCUT2D eigenvalue weighted by Crippen LogP contribution is -2.02. The van der Waals surface area contributed by atoms with Gasteiger partial charge in [-0.15, -0.1) is 0 Å². The molecule has 5 heteroatoms. The van der Waals surface area contributed by atoms with Gasteiger partial charge in [-0.3, -0.25) is 0 Å². The fraction of sp³-hybridized carbons (Fsp3) is 0.222. The molecule has 0 heterocycles. The van der Waals surface area contributed by atoms with Crippen molar-refractivity contribution in [1.82, 2.24) is 0 Å². The smallest absolute Gasteiger partial charge is 0.336 e. The van der Waals surface area contributed by atoms with E-state index in [0.717, 1.165) is 6.07 Å². The van der Waals surface area contributed by atoms with Crippen LogP contribution in [0.4, 0.5) is 0 Å². The number of hydrogen-bond acceptors (Lipinski definition) is 4. The van der Waals surface area contributed by atoms with Gasteiger partial charge in [0.15, 0.2) is 11.5 Å². The van der Waals surface area contributed by atoms with E-state index in [1.54, 1.807) is 6.92 Å². The predicted octanol–water partition coefficient (Wildman–Crippen LogP) is 1.06. The normalized spacial score (nSPS) is 10.1. The van der Waals surface area contributed by atoms with E-state index in [9.17, 15) is 9.90 Å². The van der Waals surface area contributed by atoms with Crippen LogP contribution in [0.2, 0.25) is 0 Å². The highest BCUT2D eigenvalue weighted by molar-refractivity contribution is 5.91. The summed E-state index contributed by atoms with van der Waals surface area (Å²) in [7, 11) is 0. The third kappa shape index (κ3) is 1.44. The fourth-order valence-corrected chi connectivity index (χ4v) is 1.23. The number of hydrogen-bond donors (Lipinski definition) is 4. The third-order valence-corrected chi connectivity index (χ3v) is 1.94. The number of phenols is 3. The summed E-state index contributed by atoms with van der Waals surface area (Å²) >= 11 is 0. The van der Waals surface area contributed by atoms with Crippen molar-refractivity contribution in [2.75, 3.05) is 0 Å². The van der Waals surface area contributed by atoms with Crippen LogP contribution >= 0.6 is 0 Å². The van der Waals surface area contributed by atoms with Crippen molar-refractivity contribution in [2.24, 2.45) is 0 Å². The van der Waals surface area contributed by atoms with Crippen LogP contribution in [0.1, 0.15) is 22.8 Å². The molecule has 0 atom stereocenters. The predicted molar refractivity (Wildman–Crippen MR) is 47.8 cm³/mol. The Balaban J connectivity index is 3.51. The Morgan fingerprint density at radius 3 is 2.29 bits per heavy atom. The Morgan fingerprint density at radius 2 is 1.86 bits per heavy atom. The molecule has 4 N–H and O–H groups in total. The molecule has 0 amide bonds. The topological polar surface area (TPSA) is 98.0 Å². The molecule has 76 valence electrons. The number of benzene rings is 1. The van der Waals surface area contributed by atoms with Crippen LogP contribution in [0.25, 0.3) is 0 Å². The first-order valence-electron chi connectivity index (χ1n) is 3.99. The van der Waals surface area contributed by atoms with Crippen molar-refractivity contribution in [3.63, 3.8) is 0 Å². The Bertz CT molecular complexity index is 383. The molecule has 1 aromatic carbocycles. The summed E-state index contributed by atoms with van der Waals surface area (Å²) in [6, 6.07) is 0.913. The minimum Gasteiger partial charge on any atom is -0.504 e. The summed E-state index contributed by atoms with van der Waals surface area (Å²) < 4.78 is 0. The van der Waals surface area contributed by atoms with Crippen LogP contribution in [0.5, 0.6) is 17.2 Å². The van der Waals surface area contributed by atoms with Crippen LogP contribution < -0.4 is 0 Å². The summed E-state index contributed by atoms with van der Waals surface area (Å²) in [6.45, 7) is 1.64. The molecule has 14 heavy (non-hydrogen) atoms. The monoisotopic (exact) mass is 198 g/mol. The zero-order valence-corrected chi connectivity index (χ0v) is 7.48. The highest BCUT2D eigenvalue weighted by Gasteiger charge is 2.19. The Hall–Kier alpha value is -1.91. The standard InChI is InChI=1S/C9H10O5/c1-2-4-5(9(13)14)3-6(10)8(12)7(4)11/h3,10-12H,2H2,1H3,(H,13,14). The van der Waals surface area contributed by atoms with Gasteiger partial charge < -0.3 is 20.4 Å². The lowest BCUT2D eigenvalue weighted by Gasteiger charge is -2.09. The van der Waals surface area contributed by atoms with Crippen LogP contribution in [0.3, 0.4) is 0 Å². The lowest BCUT2D eigenvalue weighted by molar-refractivity contribution is 0.0694. The van der Waals surface area contributed by atoms with Crippen molar-refractivity contribution < 1.29 is 25.2 Å². The second-order valence-corrected chi connectivity index (χ2v) is 2.78. The van der Waals surface area contributed by atoms with E-state index >= 15 is 0 Å². The number of rotatable bonds is 2. The molecule has 0 spiro atoms. The molecule has 0 fully saturated rings. The molecule has 0 unspecified atom stereocenters. The average Bonchev–Trinajstić information content (AvgIpc) is 2.13. The van der Waals surface area contributed by atoms with Crippen LogP contribution in [-0.4, -0.2) is 26.4 Å². The highest BCUT2D eigenvalue weighted by Crippen LogP contribution is 2.39. The molecule has 0 aliphatic rings. The largest absolute Gasteiger partial charge is 0.504 e. The van der Waals surface area contributed by atoms with E-state index < -0.39 is 23.2 Å². The van der Waals surface area contributed by atoms with Gasteiger partial charge in [0.05, 0.1) is 5.56 Å². The highest BCUT2D eigenvalue weighted by atomic mass is 16.4. The van der Waals surface area contributed by atoms with Crippen molar-refractivity contribution in [3.05, 3.63) is 17.2 Å². The summed E-state index contributed by atoms with van der Waals surface area (Å²) in [5.74, 6) is -3.17. The first-order chi connectivity index (χ1) is 6.49. The maximum atomic E-state index is 10.7. The maximum Gasteiger partial charge on any atom is 0.336 e. The van der Waals surface area contributed by atoms with Crippen molar-refractivity contribution in [1.29, 1.82) is 0 Å². The second kappa shape index (κ2) is 3.45. The summed E-state index contributed by atoms with van der Waals surface area (Å²) in [5.41, 5.74) is -0.104. The van der Waals surface area contributed by atoms with E-state index in [4.69, 9.17) is 15.3 Å². The molecule has 5 nitrogen and oxygen atoms in total. The minimum atomic E-state index is -1.26. The van der Waals surface area contributed by atoms with E-state index in [-0.39, 0.29) is 17.5 Å². The molecular formula is C9H10O5. The van der Waals surface area contributed by atoms with Gasteiger partial charge in [-0.1, -0.05) is 6.92 Å². The first kappa shape index (κ1) is 10.2. The maximum absolute atomic E-state index is 10.7. The molecule has 0 saturated heterocycles. The molecule has 1 rings (SSSR count). The van der Waals surface area contributed by atoms with Crippen molar-refractivity contribution >= 4 is 5.97 Å². The van der Waals surface area contributed by atoms with Gasteiger partial charge in [-0.05, 0) is 12.5 Å². The average molecular weight is 198 g/mol. The number of aromatic hydroxyl groups is 3. The molecule has 0 radical (unpaired) electrons. The molecule has 0 bridgehead atoms. The Morgan fingerprint density at radius 1 is 1.29 bits per heavy atom. The van der Waals surface area contributed by atoms with E-state index in [1.807, 2.05) is 0 Å². The number of carboxylic acid groups (broad SMARTS) is 1. The van der Waals surface area contributed by atoms with Gasteiger partial charge in [0.2, 0.25) is 5.75 Å². The summed E-state index contributed by atoms with van der Waals surface area (Å²) in [5, 5.41) is 36.3. The molecular weight excluding hydrogens is 188 g/mol. The van der Waals surface area contributed by atoms with E-state index in [0.29, 0.717) is 0 Å². The van der Waals surface area contributed by atoms with Gasteiger partial charge in [0, 0.05) is 5.56 Å². The number of phenolic OH excluding ortho intramolecular Hbond substituents is 3. The van der Waals surface area contributed by atoms with Crippen LogP contribution in [0, 0.1) is 0 Å². The number of carbonyl (C=O) groups is 1. The number of aromatic carboxylic acids is 1. The second-order valence-electron chi connectivity index (χ2n) is 2.78. The summed E-state index contributed by atoms with van der Waals surface area (Å²) in [6.07, 6.45) is 0.251. The minimum absolute atomic E-state index is 0.104. The molecule has 0 aromatic heterocycles. The third-order valence-electron chi connectivity index (χ3n) is 1.94. The number of carboxylic acids is 1. The fourth-order valence-electron chi connectivity index (χ4n) is 1.23. The lowest BCUT2D eigenvalue weighted by atomic mass is 10.0. The Labute approximate surface area is 79.9 Å².